The summed E-state index contributed by atoms with van der Waals surface area (Å²) in [6.07, 6.45) is -0.783. The van der Waals surface area contributed by atoms with Crippen LogP contribution < -0.4 is 0 Å². The Kier molecular flexibility index (Phi) is 5.84. The fourth-order valence-corrected chi connectivity index (χ4v) is 4.29. The van der Waals surface area contributed by atoms with Crippen LogP contribution in [0.2, 0.25) is 0 Å². The molecule has 1 aromatic carbocycles. The smallest absolute Gasteiger partial charge is 0.336 e. The van der Waals surface area contributed by atoms with Crippen molar-refractivity contribution < 1.29 is 18.0 Å². The zero-order valence-corrected chi connectivity index (χ0v) is 17.0. The SMILES string of the molecule is CN1CCCC(N2CCN(C(=O)c3ccc(-n4ccc(C(F)(F)F)n4)cc3)CC2)C1. The molecule has 1 amide bonds. The van der Waals surface area contributed by atoms with Gasteiger partial charge in [0.15, 0.2) is 5.69 Å². The Morgan fingerprint density at radius 3 is 2.33 bits per heavy atom. The molecule has 6 nitrogen and oxygen atoms in total. The van der Waals surface area contributed by atoms with E-state index in [1.54, 1.807) is 24.3 Å². The van der Waals surface area contributed by atoms with E-state index >= 15 is 0 Å². The highest BCUT2D eigenvalue weighted by Crippen LogP contribution is 2.28. The first-order valence-corrected chi connectivity index (χ1v) is 10.3. The van der Waals surface area contributed by atoms with Gasteiger partial charge >= 0.3 is 6.18 Å². The topological polar surface area (TPSA) is 44.6 Å². The van der Waals surface area contributed by atoms with Crippen molar-refractivity contribution in [2.24, 2.45) is 0 Å². The zero-order chi connectivity index (χ0) is 21.3. The van der Waals surface area contributed by atoms with E-state index in [1.807, 2.05) is 4.90 Å². The lowest BCUT2D eigenvalue weighted by Gasteiger charge is -2.42. The molecule has 0 aliphatic carbocycles. The maximum absolute atomic E-state index is 12.8. The molecule has 1 aromatic heterocycles. The molecule has 3 heterocycles. The number of carbonyl (C=O) groups excluding carboxylic acids is 1. The van der Waals surface area contributed by atoms with Crippen LogP contribution in [-0.2, 0) is 6.18 Å². The molecule has 162 valence electrons. The van der Waals surface area contributed by atoms with Crippen molar-refractivity contribution in [3.63, 3.8) is 0 Å². The number of amides is 1. The van der Waals surface area contributed by atoms with E-state index in [0.717, 1.165) is 36.9 Å². The molecule has 0 radical (unpaired) electrons. The van der Waals surface area contributed by atoms with Crippen LogP contribution in [0.5, 0.6) is 0 Å². The Hall–Kier alpha value is -2.39. The lowest BCUT2D eigenvalue weighted by Crippen LogP contribution is -2.55. The Morgan fingerprint density at radius 1 is 1.03 bits per heavy atom. The summed E-state index contributed by atoms with van der Waals surface area (Å²) in [6, 6.07) is 8.03. The Labute approximate surface area is 173 Å². The van der Waals surface area contributed by atoms with Crippen molar-refractivity contribution in [3.8, 4) is 5.69 Å². The lowest BCUT2D eigenvalue weighted by atomic mass is 10.0. The molecular weight excluding hydrogens is 395 g/mol. The van der Waals surface area contributed by atoms with E-state index in [0.29, 0.717) is 30.4 Å². The highest BCUT2D eigenvalue weighted by atomic mass is 19.4. The minimum absolute atomic E-state index is 0.0431. The van der Waals surface area contributed by atoms with Crippen molar-refractivity contribution in [2.75, 3.05) is 46.3 Å². The molecule has 0 spiro atoms. The van der Waals surface area contributed by atoms with Crippen molar-refractivity contribution in [1.82, 2.24) is 24.5 Å². The number of rotatable bonds is 3. The van der Waals surface area contributed by atoms with Crippen LogP contribution in [0, 0.1) is 0 Å². The number of likely N-dealkylation sites (N-methyl/N-ethyl adjacent to an activating group) is 1. The minimum Gasteiger partial charge on any atom is -0.336 e. The molecule has 1 atom stereocenters. The van der Waals surface area contributed by atoms with Gasteiger partial charge in [0.1, 0.15) is 0 Å². The highest BCUT2D eigenvalue weighted by molar-refractivity contribution is 5.94. The zero-order valence-electron chi connectivity index (χ0n) is 17.0. The first-order valence-electron chi connectivity index (χ1n) is 10.3. The van der Waals surface area contributed by atoms with Crippen LogP contribution in [0.3, 0.4) is 0 Å². The van der Waals surface area contributed by atoms with Crippen molar-refractivity contribution in [1.29, 1.82) is 0 Å². The average molecular weight is 421 g/mol. The maximum atomic E-state index is 12.8. The molecular formula is C21H26F3N5O. The largest absolute Gasteiger partial charge is 0.435 e. The number of aromatic nitrogens is 2. The van der Waals surface area contributed by atoms with Gasteiger partial charge in [0.25, 0.3) is 5.91 Å². The summed E-state index contributed by atoms with van der Waals surface area (Å²) in [7, 11) is 2.16. The molecule has 30 heavy (non-hydrogen) atoms. The molecule has 1 unspecified atom stereocenters. The third kappa shape index (κ3) is 4.52. The first-order chi connectivity index (χ1) is 14.3. The normalized spacial score (nSPS) is 21.7. The van der Waals surface area contributed by atoms with Gasteiger partial charge in [-0.25, -0.2) is 4.68 Å². The third-order valence-corrected chi connectivity index (χ3v) is 5.98. The number of hydrogen-bond acceptors (Lipinski definition) is 4. The van der Waals surface area contributed by atoms with E-state index in [1.165, 1.54) is 19.0 Å². The van der Waals surface area contributed by atoms with Crippen LogP contribution in [0.25, 0.3) is 5.69 Å². The number of nitrogens with zero attached hydrogens (tertiary/aromatic N) is 5. The predicted molar refractivity (Wildman–Crippen MR) is 107 cm³/mol. The molecule has 2 aliphatic heterocycles. The van der Waals surface area contributed by atoms with Gasteiger partial charge < -0.3 is 9.80 Å². The number of hydrogen-bond donors (Lipinski definition) is 0. The first kappa shape index (κ1) is 20.9. The second-order valence-electron chi connectivity index (χ2n) is 8.08. The standard InChI is InChI=1S/C21H26F3N5O/c1-26-9-2-3-18(15-26)27-11-13-28(14-12-27)20(30)16-4-6-17(7-5-16)29-10-8-19(25-29)21(22,23)24/h4-8,10,18H,2-3,9,11-15H2,1H3. The van der Waals surface area contributed by atoms with Gasteiger partial charge in [0.05, 0.1) is 5.69 Å². The lowest BCUT2D eigenvalue weighted by molar-refractivity contribution is -0.141. The van der Waals surface area contributed by atoms with Crippen molar-refractivity contribution >= 4 is 5.91 Å². The van der Waals surface area contributed by atoms with Crippen LogP contribution in [0.1, 0.15) is 28.9 Å². The number of piperazine rings is 1. The molecule has 2 aromatic rings. The fourth-order valence-electron chi connectivity index (χ4n) is 4.29. The summed E-state index contributed by atoms with van der Waals surface area (Å²) in [5.41, 5.74) is 0.0748. The summed E-state index contributed by atoms with van der Waals surface area (Å²) < 4.78 is 39.3. The van der Waals surface area contributed by atoms with E-state index in [-0.39, 0.29) is 5.91 Å². The van der Waals surface area contributed by atoms with Gasteiger partial charge in [-0.3, -0.25) is 9.69 Å². The third-order valence-electron chi connectivity index (χ3n) is 5.98. The summed E-state index contributed by atoms with van der Waals surface area (Å²) in [5.74, 6) is -0.0431. The number of benzene rings is 1. The van der Waals surface area contributed by atoms with Gasteiger partial charge in [-0.05, 0) is 56.8 Å². The molecule has 0 N–H and O–H groups in total. The molecule has 0 bridgehead atoms. The van der Waals surface area contributed by atoms with E-state index < -0.39 is 11.9 Å². The Balaban J connectivity index is 1.36. The number of likely N-dealkylation sites (tertiary alicyclic amines) is 1. The number of piperidine rings is 1. The molecule has 9 heteroatoms. The molecule has 2 saturated heterocycles. The van der Waals surface area contributed by atoms with Crippen molar-refractivity contribution in [2.45, 2.75) is 25.1 Å². The summed E-state index contributed by atoms with van der Waals surface area (Å²) in [6.45, 7) is 5.36. The van der Waals surface area contributed by atoms with E-state index in [4.69, 9.17) is 0 Å². The quantitative estimate of drug-likeness (QED) is 0.765. The van der Waals surface area contributed by atoms with Gasteiger partial charge in [-0.15, -0.1) is 0 Å². The van der Waals surface area contributed by atoms with Crippen molar-refractivity contribution in [3.05, 3.63) is 47.8 Å². The van der Waals surface area contributed by atoms with Gasteiger partial charge in [0, 0.05) is 50.5 Å². The number of carbonyl (C=O) groups is 1. The summed E-state index contributed by atoms with van der Waals surface area (Å²) >= 11 is 0. The fraction of sp³-hybridized carbons (Fsp3) is 0.524. The predicted octanol–water partition coefficient (Wildman–Crippen LogP) is 2.74. The molecule has 2 fully saturated rings. The van der Waals surface area contributed by atoms with Gasteiger partial charge in [0.2, 0.25) is 0 Å². The molecule has 4 rings (SSSR count). The van der Waals surface area contributed by atoms with Gasteiger partial charge in [-0.2, -0.15) is 18.3 Å². The Bertz CT molecular complexity index is 872. The van der Waals surface area contributed by atoms with Crippen LogP contribution in [0.4, 0.5) is 13.2 Å². The summed E-state index contributed by atoms with van der Waals surface area (Å²) in [5, 5.41) is 3.56. The minimum atomic E-state index is -4.48. The maximum Gasteiger partial charge on any atom is 0.435 e. The monoisotopic (exact) mass is 421 g/mol. The molecule has 2 aliphatic rings. The van der Waals surface area contributed by atoms with Crippen LogP contribution >= 0.6 is 0 Å². The van der Waals surface area contributed by atoms with E-state index in [9.17, 15) is 18.0 Å². The molecule has 0 saturated carbocycles. The Morgan fingerprint density at radius 2 is 1.73 bits per heavy atom. The van der Waals surface area contributed by atoms with Gasteiger partial charge in [-0.1, -0.05) is 0 Å². The average Bonchev–Trinajstić information content (AvgIpc) is 3.24. The summed E-state index contributed by atoms with van der Waals surface area (Å²) in [4.78, 5) is 19.6. The second-order valence-corrected chi connectivity index (χ2v) is 8.08. The van der Waals surface area contributed by atoms with E-state index in [2.05, 4.69) is 21.9 Å². The van der Waals surface area contributed by atoms with Crippen LogP contribution in [-0.4, -0.2) is 82.7 Å². The number of alkyl halides is 3. The highest BCUT2D eigenvalue weighted by Gasteiger charge is 2.33. The second kappa shape index (κ2) is 8.39. The van der Waals surface area contributed by atoms with Crippen LogP contribution in [0.15, 0.2) is 36.5 Å². The number of halogens is 3.